The third-order valence-corrected chi connectivity index (χ3v) is 3.66. The van der Waals surface area contributed by atoms with E-state index in [1.165, 1.54) is 42.6 Å². The number of nitrogens with zero attached hydrogens (tertiary/aromatic N) is 1. The van der Waals surface area contributed by atoms with Gasteiger partial charge in [-0.2, -0.15) is 0 Å². The van der Waals surface area contributed by atoms with Gasteiger partial charge in [-0.3, -0.25) is 4.90 Å². The Kier molecular flexibility index (Phi) is 4.79. The zero-order chi connectivity index (χ0) is 13.0. The van der Waals surface area contributed by atoms with Crippen LogP contribution in [-0.2, 0) is 6.54 Å². The van der Waals surface area contributed by atoms with Gasteiger partial charge >= 0.3 is 0 Å². The molecule has 0 bridgehead atoms. The normalized spacial score (nSPS) is 21.2. The molecule has 0 saturated carbocycles. The summed E-state index contributed by atoms with van der Waals surface area (Å²) in [6, 6.07) is 7.59. The average molecular weight is 246 g/mol. The molecule has 1 saturated heterocycles. The lowest BCUT2D eigenvalue weighted by molar-refractivity contribution is 0.187. The average Bonchev–Trinajstić information content (AvgIpc) is 2.28. The molecule has 100 valence electrons. The lowest BCUT2D eigenvalue weighted by Gasteiger charge is -2.33. The van der Waals surface area contributed by atoms with Gasteiger partial charge in [0.25, 0.3) is 0 Å². The zero-order valence-electron chi connectivity index (χ0n) is 12.0. The smallest absolute Gasteiger partial charge is 0.0235 e. The topological polar surface area (TPSA) is 15.3 Å². The molecule has 1 N–H and O–H groups in total. The summed E-state index contributed by atoms with van der Waals surface area (Å²) in [6.45, 7) is 11.3. The van der Waals surface area contributed by atoms with Crippen molar-refractivity contribution in [3.63, 3.8) is 0 Å². The minimum Gasteiger partial charge on any atom is -0.311 e. The maximum atomic E-state index is 3.62. The molecule has 1 atom stereocenters. The Morgan fingerprint density at radius 1 is 1.22 bits per heavy atom. The van der Waals surface area contributed by atoms with Crippen molar-refractivity contribution >= 4 is 0 Å². The monoisotopic (exact) mass is 246 g/mol. The molecular formula is C16H26N2. The van der Waals surface area contributed by atoms with Gasteiger partial charge < -0.3 is 5.32 Å². The van der Waals surface area contributed by atoms with Gasteiger partial charge in [0.2, 0.25) is 0 Å². The molecule has 1 aliphatic heterocycles. The molecule has 2 nitrogen and oxygen atoms in total. The van der Waals surface area contributed by atoms with Gasteiger partial charge in [-0.05, 0) is 25.8 Å². The molecule has 1 fully saturated rings. The Hall–Kier alpha value is -0.860. The summed E-state index contributed by atoms with van der Waals surface area (Å²) < 4.78 is 0. The van der Waals surface area contributed by atoms with E-state index in [1.54, 1.807) is 0 Å². The van der Waals surface area contributed by atoms with Gasteiger partial charge in [-0.1, -0.05) is 42.7 Å². The van der Waals surface area contributed by atoms with Gasteiger partial charge in [0, 0.05) is 32.2 Å². The fourth-order valence-corrected chi connectivity index (χ4v) is 3.00. The second-order valence-electron chi connectivity index (χ2n) is 5.67. The highest BCUT2D eigenvalue weighted by atomic mass is 15.2. The van der Waals surface area contributed by atoms with Crippen LogP contribution in [0.25, 0.3) is 0 Å². The molecule has 1 aliphatic rings. The zero-order valence-corrected chi connectivity index (χ0v) is 12.0. The van der Waals surface area contributed by atoms with Crippen molar-refractivity contribution in [2.75, 3.05) is 19.6 Å². The predicted octanol–water partition coefficient (Wildman–Crippen LogP) is 2.88. The van der Waals surface area contributed by atoms with Gasteiger partial charge in [0.1, 0.15) is 0 Å². The van der Waals surface area contributed by atoms with E-state index >= 15 is 0 Å². The molecule has 0 spiro atoms. The predicted molar refractivity (Wildman–Crippen MR) is 77.9 cm³/mol. The number of rotatable bonds is 4. The van der Waals surface area contributed by atoms with Crippen molar-refractivity contribution in [2.45, 2.75) is 46.2 Å². The first kappa shape index (κ1) is 13.6. The van der Waals surface area contributed by atoms with E-state index in [0.717, 1.165) is 13.1 Å². The number of hydrogen-bond donors (Lipinski definition) is 1. The number of nitrogens with one attached hydrogen (secondary N) is 1. The highest BCUT2D eigenvalue weighted by molar-refractivity contribution is 5.28. The van der Waals surface area contributed by atoms with Crippen LogP contribution in [0.15, 0.2) is 18.2 Å². The number of hydrogen-bond acceptors (Lipinski definition) is 2. The van der Waals surface area contributed by atoms with Crippen molar-refractivity contribution in [1.82, 2.24) is 10.2 Å². The first-order chi connectivity index (χ1) is 8.67. The quantitative estimate of drug-likeness (QED) is 0.879. The summed E-state index contributed by atoms with van der Waals surface area (Å²) in [5.41, 5.74) is 4.22. The molecule has 2 rings (SSSR count). The van der Waals surface area contributed by atoms with Crippen LogP contribution < -0.4 is 5.32 Å². The van der Waals surface area contributed by atoms with Crippen molar-refractivity contribution in [3.05, 3.63) is 34.9 Å². The first-order valence-corrected chi connectivity index (χ1v) is 7.20. The van der Waals surface area contributed by atoms with Gasteiger partial charge in [0.05, 0.1) is 0 Å². The lowest BCUT2D eigenvalue weighted by Crippen LogP contribution is -2.50. The number of benzene rings is 1. The lowest BCUT2D eigenvalue weighted by atomic mass is 10.1. The van der Waals surface area contributed by atoms with Crippen LogP contribution in [0.2, 0.25) is 0 Å². The van der Waals surface area contributed by atoms with Crippen molar-refractivity contribution in [2.24, 2.45) is 0 Å². The summed E-state index contributed by atoms with van der Waals surface area (Å²) in [4.78, 5) is 2.59. The van der Waals surface area contributed by atoms with Crippen LogP contribution >= 0.6 is 0 Å². The van der Waals surface area contributed by atoms with Crippen LogP contribution in [0.5, 0.6) is 0 Å². The fourth-order valence-electron chi connectivity index (χ4n) is 3.00. The van der Waals surface area contributed by atoms with Crippen LogP contribution in [0.4, 0.5) is 0 Å². The van der Waals surface area contributed by atoms with Crippen LogP contribution in [0.3, 0.4) is 0 Å². The SMILES string of the molecule is CCCC1CN(Cc2cc(C)cc(C)c2)CCN1. The molecule has 0 aromatic heterocycles. The van der Waals surface area contributed by atoms with Gasteiger partial charge in [-0.15, -0.1) is 0 Å². The molecule has 18 heavy (non-hydrogen) atoms. The Balaban J connectivity index is 1.95. The molecular weight excluding hydrogens is 220 g/mol. The molecule has 1 aromatic rings. The van der Waals surface area contributed by atoms with E-state index in [9.17, 15) is 0 Å². The molecule has 1 heterocycles. The van der Waals surface area contributed by atoms with E-state index in [1.807, 2.05) is 0 Å². The van der Waals surface area contributed by atoms with Gasteiger partial charge in [-0.25, -0.2) is 0 Å². The summed E-state index contributed by atoms with van der Waals surface area (Å²) >= 11 is 0. The summed E-state index contributed by atoms with van der Waals surface area (Å²) in [5, 5.41) is 3.62. The van der Waals surface area contributed by atoms with Crippen molar-refractivity contribution in [3.8, 4) is 0 Å². The Morgan fingerprint density at radius 3 is 2.61 bits per heavy atom. The van der Waals surface area contributed by atoms with E-state index in [-0.39, 0.29) is 0 Å². The van der Waals surface area contributed by atoms with Crippen LogP contribution in [-0.4, -0.2) is 30.6 Å². The summed E-state index contributed by atoms with van der Waals surface area (Å²) in [6.07, 6.45) is 2.57. The van der Waals surface area contributed by atoms with E-state index in [2.05, 4.69) is 49.2 Å². The summed E-state index contributed by atoms with van der Waals surface area (Å²) in [7, 11) is 0. The summed E-state index contributed by atoms with van der Waals surface area (Å²) in [5.74, 6) is 0. The Morgan fingerprint density at radius 2 is 1.94 bits per heavy atom. The molecule has 1 unspecified atom stereocenters. The van der Waals surface area contributed by atoms with E-state index < -0.39 is 0 Å². The van der Waals surface area contributed by atoms with Crippen LogP contribution in [0.1, 0.15) is 36.5 Å². The molecule has 0 amide bonds. The van der Waals surface area contributed by atoms with Crippen molar-refractivity contribution in [1.29, 1.82) is 0 Å². The third kappa shape index (κ3) is 3.82. The maximum absolute atomic E-state index is 3.62. The number of piperazine rings is 1. The fraction of sp³-hybridized carbons (Fsp3) is 0.625. The largest absolute Gasteiger partial charge is 0.311 e. The molecule has 0 aliphatic carbocycles. The second-order valence-corrected chi connectivity index (χ2v) is 5.67. The first-order valence-electron chi connectivity index (χ1n) is 7.20. The van der Waals surface area contributed by atoms with Gasteiger partial charge in [0.15, 0.2) is 0 Å². The van der Waals surface area contributed by atoms with Crippen LogP contribution in [0, 0.1) is 13.8 Å². The maximum Gasteiger partial charge on any atom is 0.0235 e. The van der Waals surface area contributed by atoms with E-state index in [4.69, 9.17) is 0 Å². The third-order valence-electron chi connectivity index (χ3n) is 3.66. The minimum absolute atomic E-state index is 0.689. The minimum atomic E-state index is 0.689. The van der Waals surface area contributed by atoms with Crippen molar-refractivity contribution < 1.29 is 0 Å². The molecule has 0 radical (unpaired) electrons. The highest BCUT2D eigenvalue weighted by Crippen LogP contribution is 2.13. The second kappa shape index (κ2) is 6.35. The Bertz CT molecular complexity index is 364. The standard InChI is InChI=1S/C16H26N2/c1-4-5-16-12-18(7-6-17-16)11-15-9-13(2)8-14(3)10-15/h8-10,16-17H,4-7,11-12H2,1-3H3. The highest BCUT2D eigenvalue weighted by Gasteiger charge is 2.18. The molecule has 1 aromatic carbocycles. The van der Waals surface area contributed by atoms with E-state index in [0.29, 0.717) is 6.04 Å². The Labute approximate surface area is 111 Å². The number of aryl methyl sites for hydroxylation is 2. The molecule has 2 heteroatoms.